The summed E-state index contributed by atoms with van der Waals surface area (Å²) in [5.41, 5.74) is 1.17. The van der Waals surface area contributed by atoms with Crippen molar-refractivity contribution in [3.8, 4) is 11.1 Å². The Bertz CT molecular complexity index is 760. The molecule has 4 heteroatoms. The first kappa shape index (κ1) is 18.8. The average molecular weight is 342 g/mol. The second-order valence-electron chi connectivity index (χ2n) is 7.06. The molecule has 1 atom stereocenters. The second-order valence-corrected chi connectivity index (χ2v) is 7.06. The van der Waals surface area contributed by atoms with Crippen LogP contribution in [-0.2, 0) is 14.3 Å². The van der Waals surface area contributed by atoms with Gasteiger partial charge in [-0.05, 0) is 38.0 Å². The molecule has 132 valence electrons. The smallest absolute Gasteiger partial charge is 0.313 e. The minimum Gasteiger partial charge on any atom is -0.460 e. The van der Waals surface area contributed by atoms with Crippen LogP contribution in [-0.4, -0.2) is 17.4 Å². The molecule has 0 bridgehead atoms. The summed E-state index contributed by atoms with van der Waals surface area (Å²) in [7, 11) is 0. The van der Waals surface area contributed by atoms with Crippen LogP contribution >= 0.6 is 0 Å². The number of hydrogen-bond donors (Lipinski definition) is 0. The highest BCUT2D eigenvalue weighted by atomic mass is 19.1. The lowest BCUT2D eigenvalue weighted by molar-refractivity contribution is -0.156. The van der Waals surface area contributed by atoms with Crippen LogP contribution in [0.5, 0.6) is 0 Å². The molecule has 0 radical (unpaired) electrons. The van der Waals surface area contributed by atoms with E-state index in [2.05, 4.69) is 0 Å². The van der Waals surface area contributed by atoms with Gasteiger partial charge in [0.15, 0.2) is 5.78 Å². The molecule has 0 spiro atoms. The number of halogens is 1. The van der Waals surface area contributed by atoms with Crippen molar-refractivity contribution in [2.45, 2.75) is 45.6 Å². The summed E-state index contributed by atoms with van der Waals surface area (Å²) in [4.78, 5) is 24.1. The fourth-order valence-electron chi connectivity index (χ4n) is 2.51. The number of hydrogen-bond acceptors (Lipinski definition) is 3. The van der Waals surface area contributed by atoms with E-state index in [1.165, 1.54) is 6.07 Å². The molecule has 2 aromatic carbocycles. The van der Waals surface area contributed by atoms with Gasteiger partial charge in [-0.2, -0.15) is 0 Å². The summed E-state index contributed by atoms with van der Waals surface area (Å²) in [5, 5.41) is 0. The van der Waals surface area contributed by atoms with Crippen molar-refractivity contribution >= 4 is 11.8 Å². The number of carbonyl (C=O) groups excluding carboxylic acids is 2. The van der Waals surface area contributed by atoms with Crippen molar-refractivity contribution in [2.24, 2.45) is 0 Å². The number of ketones is 1. The molecule has 0 saturated heterocycles. The molecule has 3 nitrogen and oxygen atoms in total. The highest BCUT2D eigenvalue weighted by Gasteiger charge is 2.23. The third-order valence-corrected chi connectivity index (χ3v) is 3.80. The first-order valence-corrected chi connectivity index (χ1v) is 8.27. The summed E-state index contributed by atoms with van der Waals surface area (Å²) in [6.45, 7) is 6.91. The standard InChI is InChI=1S/C21H23FO3/c1-14(19(23)13-20(24)25-21(2,3)4)16-10-11-17(18(22)12-16)15-8-6-5-7-9-15/h5-12,14H,13H2,1-4H3. The summed E-state index contributed by atoms with van der Waals surface area (Å²) in [6.07, 6.45) is -0.319. The molecule has 0 amide bonds. The third kappa shape index (κ3) is 5.24. The van der Waals surface area contributed by atoms with E-state index in [1.807, 2.05) is 30.3 Å². The Morgan fingerprint density at radius 3 is 2.28 bits per heavy atom. The molecular formula is C21H23FO3. The molecule has 0 fully saturated rings. The monoisotopic (exact) mass is 342 g/mol. The number of rotatable bonds is 5. The largest absolute Gasteiger partial charge is 0.460 e. The van der Waals surface area contributed by atoms with Crippen molar-refractivity contribution in [1.82, 2.24) is 0 Å². The van der Waals surface area contributed by atoms with Gasteiger partial charge in [0.1, 0.15) is 17.8 Å². The van der Waals surface area contributed by atoms with Gasteiger partial charge in [-0.3, -0.25) is 9.59 Å². The summed E-state index contributed by atoms with van der Waals surface area (Å²) < 4.78 is 19.6. The van der Waals surface area contributed by atoms with E-state index in [-0.39, 0.29) is 18.0 Å². The lowest BCUT2D eigenvalue weighted by atomic mass is 9.92. The maximum Gasteiger partial charge on any atom is 0.313 e. The highest BCUT2D eigenvalue weighted by Crippen LogP contribution is 2.27. The van der Waals surface area contributed by atoms with Crippen molar-refractivity contribution in [2.75, 3.05) is 0 Å². The Morgan fingerprint density at radius 2 is 1.72 bits per heavy atom. The van der Waals surface area contributed by atoms with Crippen LogP contribution in [0, 0.1) is 5.82 Å². The van der Waals surface area contributed by atoms with Gasteiger partial charge in [-0.1, -0.05) is 49.4 Å². The molecule has 0 aliphatic rings. The van der Waals surface area contributed by atoms with E-state index in [9.17, 15) is 14.0 Å². The first-order chi connectivity index (χ1) is 11.7. The van der Waals surface area contributed by atoms with Crippen LogP contribution in [0.25, 0.3) is 11.1 Å². The lowest BCUT2D eigenvalue weighted by Crippen LogP contribution is -2.26. The normalized spacial score (nSPS) is 12.5. The molecule has 0 aliphatic carbocycles. The molecule has 0 aromatic heterocycles. The number of esters is 1. The maximum absolute atomic E-state index is 14.4. The molecule has 0 saturated carbocycles. The average Bonchev–Trinajstić information content (AvgIpc) is 2.53. The Labute approximate surface area is 147 Å². The number of carbonyl (C=O) groups is 2. The van der Waals surface area contributed by atoms with Crippen molar-refractivity contribution < 1.29 is 18.7 Å². The van der Waals surface area contributed by atoms with Gasteiger partial charge in [0.05, 0.1) is 0 Å². The number of benzene rings is 2. The molecule has 2 rings (SSSR count). The van der Waals surface area contributed by atoms with Gasteiger partial charge in [0, 0.05) is 11.5 Å². The van der Waals surface area contributed by atoms with E-state index in [4.69, 9.17) is 4.74 Å². The second kappa shape index (κ2) is 7.60. The zero-order chi connectivity index (χ0) is 18.6. The molecule has 0 aliphatic heterocycles. The Morgan fingerprint density at radius 1 is 1.08 bits per heavy atom. The van der Waals surface area contributed by atoms with Crippen LogP contribution < -0.4 is 0 Å². The molecule has 0 N–H and O–H groups in total. The maximum atomic E-state index is 14.4. The summed E-state index contributed by atoms with van der Waals surface area (Å²) in [6, 6.07) is 14.0. The molecule has 2 aromatic rings. The Kier molecular flexibility index (Phi) is 5.73. The quantitative estimate of drug-likeness (QED) is 0.573. The highest BCUT2D eigenvalue weighted by molar-refractivity contribution is 5.99. The zero-order valence-electron chi connectivity index (χ0n) is 15.0. The fourth-order valence-corrected chi connectivity index (χ4v) is 2.51. The lowest BCUT2D eigenvalue weighted by Gasteiger charge is -2.20. The van der Waals surface area contributed by atoms with Gasteiger partial charge in [-0.15, -0.1) is 0 Å². The van der Waals surface area contributed by atoms with Gasteiger partial charge in [0.25, 0.3) is 0 Å². The van der Waals surface area contributed by atoms with Crippen LogP contribution in [0.1, 0.15) is 45.6 Å². The minimum atomic E-state index is -0.635. The number of Topliss-reactive ketones (excluding diaryl/α,β-unsaturated/α-hetero) is 1. The van der Waals surface area contributed by atoms with Gasteiger partial charge in [0.2, 0.25) is 0 Å². The van der Waals surface area contributed by atoms with Gasteiger partial charge in [-0.25, -0.2) is 4.39 Å². The van der Waals surface area contributed by atoms with Crippen LogP contribution in [0.2, 0.25) is 0 Å². The van der Waals surface area contributed by atoms with Gasteiger partial charge >= 0.3 is 5.97 Å². The third-order valence-electron chi connectivity index (χ3n) is 3.80. The Hall–Kier alpha value is -2.49. The SMILES string of the molecule is CC(C(=O)CC(=O)OC(C)(C)C)c1ccc(-c2ccccc2)c(F)c1. The van der Waals surface area contributed by atoms with E-state index in [0.29, 0.717) is 11.1 Å². The van der Waals surface area contributed by atoms with E-state index in [1.54, 1.807) is 39.8 Å². The van der Waals surface area contributed by atoms with Crippen LogP contribution in [0.4, 0.5) is 4.39 Å². The van der Waals surface area contributed by atoms with Crippen LogP contribution in [0.3, 0.4) is 0 Å². The predicted octanol–water partition coefficient (Wildman–Crippen LogP) is 4.90. The van der Waals surface area contributed by atoms with E-state index < -0.39 is 17.5 Å². The molecular weight excluding hydrogens is 319 g/mol. The van der Waals surface area contributed by atoms with Gasteiger partial charge < -0.3 is 4.74 Å². The Balaban J connectivity index is 2.12. The first-order valence-electron chi connectivity index (χ1n) is 8.27. The van der Waals surface area contributed by atoms with Crippen LogP contribution in [0.15, 0.2) is 48.5 Å². The summed E-state index contributed by atoms with van der Waals surface area (Å²) >= 11 is 0. The molecule has 1 unspecified atom stereocenters. The molecule has 25 heavy (non-hydrogen) atoms. The van der Waals surface area contributed by atoms with E-state index in [0.717, 1.165) is 5.56 Å². The predicted molar refractivity (Wildman–Crippen MR) is 95.7 cm³/mol. The summed E-state index contributed by atoms with van der Waals surface area (Å²) in [5.74, 6) is -1.82. The van der Waals surface area contributed by atoms with E-state index >= 15 is 0 Å². The number of ether oxygens (including phenoxy) is 1. The minimum absolute atomic E-state index is 0.291. The van der Waals surface area contributed by atoms with Crippen molar-refractivity contribution in [3.05, 3.63) is 59.9 Å². The van der Waals surface area contributed by atoms with Crippen molar-refractivity contribution in [3.63, 3.8) is 0 Å². The zero-order valence-corrected chi connectivity index (χ0v) is 15.0. The topological polar surface area (TPSA) is 43.4 Å². The van der Waals surface area contributed by atoms with Crippen molar-refractivity contribution in [1.29, 1.82) is 0 Å². The fraction of sp³-hybridized carbons (Fsp3) is 0.333. The molecule has 0 heterocycles.